The van der Waals surface area contributed by atoms with Crippen molar-refractivity contribution in [2.45, 2.75) is 11.3 Å². The largest absolute Gasteiger partial charge is 0.381 e. The van der Waals surface area contributed by atoms with Gasteiger partial charge in [0.05, 0.1) is 19.8 Å². The Kier molecular flexibility index (Phi) is 5.19. The topological polar surface area (TPSA) is 18.5 Å². The molecule has 0 saturated carbocycles. The standard InChI is InChI=1S/C13H18O2S/c1-2-4-13(5-3-1)16-9-8-15-11-12-6-7-14-10-12/h1-5,12H,6-11H2. The van der Waals surface area contributed by atoms with Crippen LogP contribution in [0.1, 0.15) is 6.42 Å². The smallest absolute Gasteiger partial charge is 0.0560 e. The normalized spacial score (nSPS) is 20.1. The van der Waals surface area contributed by atoms with Gasteiger partial charge in [0.25, 0.3) is 0 Å². The Morgan fingerprint density at radius 1 is 1.31 bits per heavy atom. The van der Waals surface area contributed by atoms with E-state index in [9.17, 15) is 0 Å². The summed E-state index contributed by atoms with van der Waals surface area (Å²) in [5.41, 5.74) is 0. The molecule has 1 atom stereocenters. The van der Waals surface area contributed by atoms with Crippen molar-refractivity contribution in [3.8, 4) is 0 Å². The Labute approximate surface area is 101 Å². The fraction of sp³-hybridized carbons (Fsp3) is 0.538. The summed E-state index contributed by atoms with van der Waals surface area (Å²) in [4.78, 5) is 1.32. The van der Waals surface area contributed by atoms with Gasteiger partial charge in [-0.05, 0) is 18.6 Å². The van der Waals surface area contributed by atoms with Crippen LogP contribution >= 0.6 is 11.8 Å². The molecule has 0 bridgehead atoms. The van der Waals surface area contributed by atoms with Crippen molar-refractivity contribution < 1.29 is 9.47 Å². The summed E-state index contributed by atoms with van der Waals surface area (Å²) in [6, 6.07) is 10.4. The third-order valence-electron chi connectivity index (χ3n) is 2.62. The van der Waals surface area contributed by atoms with Gasteiger partial charge in [-0.2, -0.15) is 0 Å². The van der Waals surface area contributed by atoms with E-state index in [-0.39, 0.29) is 0 Å². The van der Waals surface area contributed by atoms with Crippen LogP contribution in [-0.4, -0.2) is 32.2 Å². The molecule has 3 heteroatoms. The lowest BCUT2D eigenvalue weighted by Gasteiger charge is -2.08. The van der Waals surface area contributed by atoms with Gasteiger partial charge >= 0.3 is 0 Å². The molecule has 1 aromatic carbocycles. The van der Waals surface area contributed by atoms with Crippen LogP contribution in [0.3, 0.4) is 0 Å². The molecule has 0 aromatic heterocycles. The molecule has 0 spiro atoms. The molecule has 0 amide bonds. The molecular formula is C13H18O2S. The number of hydrogen-bond donors (Lipinski definition) is 0. The minimum atomic E-state index is 0.627. The average molecular weight is 238 g/mol. The Balaban J connectivity index is 1.52. The Morgan fingerprint density at radius 3 is 2.94 bits per heavy atom. The second kappa shape index (κ2) is 6.94. The Morgan fingerprint density at radius 2 is 2.19 bits per heavy atom. The first kappa shape index (κ1) is 12.0. The van der Waals surface area contributed by atoms with Gasteiger partial charge in [0.2, 0.25) is 0 Å². The van der Waals surface area contributed by atoms with E-state index in [0.29, 0.717) is 5.92 Å². The molecule has 1 unspecified atom stereocenters. The van der Waals surface area contributed by atoms with Crippen molar-refractivity contribution in [1.29, 1.82) is 0 Å². The lowest BCUT2D eigenvalue weighted by Crippen LogP contribution is -2.10. The molecule has 2 rings (SSSR count). The Hall–Kier alpha value is -0.510. The van der Waals surface area contributed by atoms with E-state index in [1.54, 1.807) is 0 Å². The maximum Gasteiger partial charge on any atom is 0.0560 e. The first-order valence-corrected chi connectivity index (χ1v) is 6.77. The number of ether oxygens (including phenoxy) is 2. The van der Waals surface area contributed by atoms with E-state index in [2.05, 4.69) is 24.3 Å². The molecule has 0 N–H and O–H groups in total. The molecule has 0 aliphatic carbocycles. The number of benzene rings is 1. The third kappa shape index (κ3) is 4.16. The van der Waals surface area contributed by atoms with Crippen molar-refractivity contribution in [1.82, 2.24) is 0 Å². The third-order valence-corrected chi connectivity index (χ3v) is 3.59. The van der Waals surface area contributed by atoms with E-state index in [0.717, 1.165) is 38.6 Å². The monoisotopic (exact) mass is 238 g/mol. The van der Waals surface area contributed by atoms with Crippen LogP contribution in [0.25, 0.3) is 0 Å². The van der Waals surface area contributed by atoms with Crippen molar-refractivity contribution in [2.24, 2.45) is 5.92 Å². The summed E-state index contributed by atoms with van der Waals surface area (Å²) in [5.74, 6) is 1.65. The molecule has 1 saturated heterocycles. The van der Waals surface area contributed by atoms with Crippen LogP contribution in [0.4, 0.5) is 0 Å². The molecule has 1 fully saturated rings. The average Bonchev–Trinajstić information content (AvgIpc) is 2.83. The number of hydrogen-bond acceptors (Lipinski definition) is 3. The van der Waals surface area contributed by atoms with Gasteiger partial charge in [0.15, 0.2) is 0 Å². The second-order valence-corrected chi connectivity index (χ2v) is 5.13. The van der Waals surface area contributed by atoms with Crippen LogP contribution in [0.2, 0.25) is 0 Å². The summed E-state index contributed by atoms with van der Waals surface area (Å²) >= 11 is 1.85. The molecule has 0 radical (unpaired) electrons. The first-order chi connectivity index (χ1) is 7.95. The summed E-state index contributed by atoms with van der Waals surface area (Å²) < 4.78 is 10.9. The maximum atomic E-state index is 5.64. The maximum absolute atomic E-state index is 5.64. The van der Waals surface area contributed by atoms with E-state index < -0.39 is 0 Å². The van der Waals surface area contributed by atoms with Crippen LogP contribution in [-0.2, 0) is 9.47 Å². The van der Waals surface area contributed by atoms with Gasteiger partial charge < -0.3 is 9.47 Å². The lowest BCUT2D eigenvalue weighted by atomic mass is 10.1. The van der Waals surface area contributed by atoms with Crippen molar-refractivity contribution in [3.05, 3.63) is 30.3 Å². The fourth-order valence-electron chi connectivity index (χ4n) is 1.70. The summed E-state index contributed by atoms with van der Waals surface area (Å²) in [6.45, 7) is 3.48. The van der Waals surface area contributed by atoms with Gasteiger partial charge in [0, 0.05) is 23.2 Å². The molecule has 2 nitrogen and oxygen atoms in total. The fourth-order valence-corrected chi connectivity index (χ4v) is 2.49. The molecule has 88 valence electrons. The van der Waals surface area contributed by atoms with Crippen LogP contribution < -0.4 is 0 Å². The first-order valence-electron chi connectivity index (χ1n) is 5.78. The van der Waals surface area contributed by atoms with Crippen LogP contribution in [0.5, 0.6) is 0 Å². The lowest BCUT2D eigenvalue weighted by molar-refractivity contribution is 0.100. The van der Waals surface area contributed by atoms with Crippen molar-refractivity contribution >= 4 is 11.8 Å². The van der Waals surface area contributed by atoms with E-state index in [4.69, 9.17) is 9.47 Å². The van der Waals surface area contributed by atoms with Gasteiger partial charge in [0.1, 0.15) is 0 Å². The minimum Gasteiger partial charge on any atom is -0.381 e. The summed E-state index contributed by atoms with van der Waals surface area (Å²) in [7, 11) is 0. The van der Waals surface area contributed by atoms with Gasteiger partial charge in [-0.25, -0.2) is 0 Å². The zero-order valence-electron chi connectivity index (χ0n) is 9.43. The molecule has 1 heterocycles. The zero-order chi connectivity index (χ0) is 11.1. The SMILES string of the molecule is c1ccc(SCCOCC2CCOC2)cc1. The second-order valence-electron chi connectivity index (χ2n) is 3.97. The van der Waals surface area contributed by atoms with Crippen LogP contribution in [0.15, 0.2) is 35.2 Å². The van der Waals surface area contributed by atoms with Crippen molar-refractivity contribution in [2.75, 3.05) is 32.2 Å². The van der Waals surface area contributed by atoms with E-state index in [1.165, 1.54) is 4.90 Å². The summed E-state index contributed by atoms with van der Waals surface area (Å²) in [6.07, 6.45) is 1.16. The minimum absolute atomic E-state index is 0.627. The molecule has 1 aliphatic heterocycles. The molecule has 16 heavy (non-hydrogen) atoms. The number of thioether (sulfide) groups is 1. The van der Waals surface area contributed by atoms with Gasteiger partial charge in [-0.3, -0.25) is 0 Å². The van der Waals surface area contributed by atoms with Gasteiger partial charge in [-0.15, -0.1) is 11.8 Å². The van der Waals surface area contributed by atoms with Crippen molar-refractivity contribution in [3.63, 3.8) is 0 Å². The molecule has 1 aliphatic rings. The highest BCUT2D eigenvalue weighted by molar-refractivity contribution is 7.99. The predicted octanol–water partition coefficient (Wildman–Crippen LogP) is 2.83. The predicted molar refractivity (Wildman–Crippen MR) is 66.9 cm³/mol. The highest BCUT2D eigenvalue weighted by Gasteiger charge is 2.15. The number of rotatable bonds is 6. The highest BCUT2D eigenvalue weighted by atomic mass is 32.2. The Bertz CT molecular complexity index is 283. The zero-order valence-corrected chi connectivity index (χ0v) is 10.2. The van der Waals surface area contributed by atoms with Gasteiger partial charge in [-0.1, -0.05) is 18.2 Å². The summed E-state index contributed by atoms with van der Waals surface area (Å²) in [5, 5.41) is 0. The van der Waals surface area contributed by atoms with E-state index in [1.807, 2.05) is 17.8 Å². The molecular weight excluding hydrogens is 220 g/mol. The quantitative estimate of drug-likeness (QED) is 0.561. The molecule has 1 aromatic rings. The highest BCUT2D eigenvalue weighted by Crippen LogP contribution is 2.17. The van der Waals surface area contributed by atoms with Crippen LogP contribution in [0, 0.1) is 5.92 Å². The van der Waals surface area contributed by atoms with E-state index >= 15 is 0 Å².